The van der Waals surface area contributed by atoms with Crippen molar-refractivity contribution in [3.8, 4) is 0 Å². The van der Waals surface area contributed by atoms with Crippen LogP contribution in [-0.4, -0.2) is 20.8 Å². The smallest absolute Gasteiger partial charge is 0.264 e. The zero-order valence-corrected chi connectivity index (χ0v) is 15.6. The molecule has 1 atom stereocenters. The third-order valence-corrected chi connectivity index (χ3v) is 5.99. The summed E-state index contributed by atoms with van der Waals surface area (Å²) < 4.78 is 27.6. The zero-order chi connectivity index (χ0) is 18.0. The monoisotopic (exact) mass is 374 g/mol. The van der Waals surface area contributed by atoms with Crippen LogP contribution in [0.4, 0.5) is 0 Å². The van der Waals surface area contributed by atoms with Crippen molar-refractivity contribution < 1.29 is 8.42 Å². The number of sulfonamides is 1. The summed E-state index contributed by atoms with van der Waals surface area (Å²) >= 11 is 5.89. The number of aliphatic imine (C=N–C) groups is 1. The predicted molar refractivity (Wildman–Crippen MR) is 103 cm³/mol. The van der Waals surface area contributed by atoms with Crippen LogP contribution >= 0.6 is 11.6 Å². The molecule has 0 saturated heterocycles. The minimum atomic E-state index is -3.61. The molecule has 1 heterocycles. The lowest BCUT2D eigenvalue weighted by Gasteiger charge is -2.09. The number of rotatable bonds is 4. The lowest BCUT2D eigenvalue weighted by atomic mass is 10.0. The van der Waals surface area contributed by atoms with Gasteiger partial charge >= 0.3 is 0 Å². The molecule has 0 amide bonds. The van der Waals surface area contributed by atoms with Gasteiger partial charge in [-0.25, -0.2) is 8.42 Å². The first kappa shape index (κ1) is 17.7. The summed E-state index contributed by atoms with van der Waals surface area (Å²) in [6.45, 7) is 4.35. The predicted octanol–water partition coefficient (Wildman–Crippen LogP) is 4.21. The Bertz CT molecular complexity index is 933. The molecule has 0 saturated carbocycles. The summed E-state index contributed by atoms with van der Waals surface area (Å²) in [6.07, 6.45) is 0. The lowest BCUT2D eigenvalue weighted by Crippen LogP contribution is -2.24. The molecule has 0 aromatic heterocycles. The van der Waals surface area contributed by atoms with Crippen LogP contribution in [0, 0.1) is 0 Å². The molecule has 0 aliphatic carbocycles. The Morgan fingerprint density at radius 3 is 2.36 bits per heavy atom. The van der Waals surface area contributed by atoms with Gasteiger partial charge in [0.05, 0.1) is 0 Å². The zero-order valence-electron chi connectivity index (χ0n) is 14.0. The Kier molecular flexibility index (Phi) is 4.97. The van der Waals surface area contributed by atoms with E-state index in [4.69, 9.17) is 11.6 Å². The van der Waals surface area contributed by atoms with E-state index in [1.807, 2.05) is 30.3 Å². The van der Waals surface area contributed by atoms with E-state index in [1.54, 1.807) is 31.2 Å². The van der Waals surface area contributed by atoms with Crippen molar-refractivity contribution in [2.45, 2.75) is 19.8 Å². The second-order valence-electron chi connectivity index (χ2n) is 6.07. The Balaban J connectivity index is 1.89. The Morgan fingerprint density at radius 2 is 1.72 bits per heavy atom. The summed E-state index contributed by atoms with van der Waals surface area (Å²) in [5, 5.41) is 0.566. The number of hydrogen-bond donors (Lipinski definition) is 1. The molecule has 1 aliphatic heterocycles. The maximum Gasteiger partial charge on any atom is 0.264 e. The number of halogens is 1. The third kappa shape index (κ3) is 3.78. The molecule has 4 nitrogen and oxygen atoms in total. The fourth-order valence-corrected chi connectivity index (χ4v) is 4.45. The van der Waals surface area contributed by atoms with E-state index in [-0.39, 0.29) is 10.8 Å². The highest BCUT2D eigenvalue weighted by molar-refractivity contribution is 8.00. The number of benzene rings is 2. The van der Waals surface area contributed by atoms with Gasteiger partial charge in [0, 0.05) is 23.1 Å². The molecule has 1 aliphatic rings. The molecular formula is C19H19ClN2O2S. The number of nitrogens with zero attached hydrogens (tertiary/aromatic N) is 1. The van der Waals surface area contributed by atoms with E-state index in [0.717, 1.165) is 0 Å². The van der Waals surface area contributed by atoms with Crippen molar-refractivity contribution in [3.63, 3.8) is 0 Å². The average Bonchev–Trinajstić information content (AvgIpc) is 2.83. The van der Waals surface area contributed by atoms with Gasteiger partial charge in [-0.15, -0.1) is 0 Å². The molecule has 1 N–H and O–H groups in total. The van der Waals surface area contributed by atoms with Crippen LogP contribution in [0.2, 0.25) is 5.02 Å². The van der Waals surface area contributed by atoms with Gasteiger partial charge in [0.25, 0.3) is 10.0 Å². The third-order valence-electron chi connectivity index (χ3n) is 4.19. The molecule has 2 aromatic carbocycles. The van der Waals surface area contributed by atoms with Crippen molar-refractivity contribution in [2.75, 3.05) is 6.54 Å². The highest BCUT2D eigenvalue weighted by Crippen LogP contribution is 2.30. The number of nitrogens with one attached hydrogen (secondary N) is 1. The Hall–Kier alpha value is -2.11. The molecule has 6 heteroatoms. The van der Waals surface area contributed by atoms with Crippen LogP contribution in [0.25, 0.3) is 4.91 Å². The normalized spacial score (nSPS) is 19.1. The highest BCUT2D eigenvalue weighted by atomic mass is 35.5. The van der Waals surface area contributed by atoms with E-state index < -0.39 is 10.0 Å². The molecule has 25 heavy (non-hydrogen) atoms. The molecular weight excluding hydrogens is 356 g/mol. The van der Waals surface area contributed by atoms with Gasteiger partial charge in [-0.3, -0.25) is 9.71 Å². The summed E-state index contributed by atoms with van der Waals surface area (Å²) in [7, 11) is -3.61. The second kappa shape index (κ2) is 7.02. The molecule has 0 radical (unpaired) electrons. The van der Waals surface area contributed by atoms with Gasteiger partial charge in [-0.1, -0.05) is 61.0 Å². The van der Waals surface area contributed by atoms with Crippen molar-refractivity contribution >= 4 is 32.4 Å². The van der Waals surface area contributed by atoms with E-state index >= 15 is 0 Å². The maximum atomic E-state index is 12.5. The van der Waals surface area contributed by atoms with Gasteiger partial charge < -0.3 is 0 Å². The summed E-state index contributed by atoms with van der Waals surface area (Å²) in [4.78, 5) is 4.77. The quantitative estimate of drug-likeness (QED) is 0.871. The fourth-order valence-electron chi connectivity index (χ4n) is 2.80. The fraction of sp³-hybridized carbons (Fsp3) is 0.211. The topological polar surface area (TPSA) is 58.5 Å². The Morgan fingerprint density at radius 1 is 1.08 bits per heavy atom. The molecule has 0 spiro atoms. The molecule has 3 rings (SSSR count). The minimum Gasteiger partial charge on any atom is -0.267 e. The second-order valence-corrected chi connectivity index (χ2v) is 8.12. The summed E-state index contributed by atoms with van der Waals surface area (Å²) in [6, 6.07) is 16.8. The van der Waals surface area contributed by atoms with Gasteiger partial charge in [0.1, 0.15) is 10.7 Å². The average molecular weight is 375 g/mol. The largest absolute Gasteiger partial charge is 0.267 e. The van der Waals surface area contributed by atoms with Crippen LogP contribution in [0.15, 0.2) is 65.2 Å². The van der Waals surface area contributed by atoms with E-state index in [0.29, 0.717) is 28.5 Å². The van der Waals surface area contributed by atoms with E-state index in [2.05, 4.69) is 16.6 Å². The number of amidine groups is 1. The van der Waals surface area contributed by atoms with Gasteiger partial charge in [-0.2, -0.15) is 0 Å². The minimum absolute atomic E-state index is 0.200. The number of hydrogen-bond acceptors (Lipinski definition) is 3. The maximum absolute atomic E-state index is 12.5. The van der Waals surface area contributed by atoms with Crippen LogP contribution < -0.4 is 4.72 Å². The van der Waals surface area contributed by atoms with Gasteiger partial charge in [-0.05, 0) is 30.2 Å². The van der Waals surface area contributed by atoms with Crippen LogP contribution in [-0.2, 0) is 10.0 Å². The first-order valence-corrected chi connectivity index (χ1v) is 9.84. The van der Waals surface area contributed by atoms with Crippen molar-refractivity contribution in [1.29, 1.82) is 0 Å². The van der Waals surface area contributed by atoms with Crippen LogP contribution in [0.3, 0.4) is 0 Å². The SMILES string of the molecule is CC1=C(c2ccc(Cl)cc2)S(=O)(=O)NC1=NC[C@@H](C)c1ccccc1. The first-order valence-electron chi connectivity index (χ1n) is 7.98. The van der Waals surface area contributed by atoms with Crippen molar-refractivity contribution in [1.82, 2.24) is 4.72 Å². The first-order chi connectivity index (χ1) is 11.9. The lowest BCUT2D eigenvalue weighted by molar-refractivity contribution is 0.603. The van der Waals surface area contributed by atoms with Crippen LogP contribution in [0.1, 0.15) is 30.9 Å². The van der Waals surface area contributed by atoms with Crippen LogP contribution in [0.5, 0.6) is 0 Å². The van der Waals surface area contributed by atoms with Gasteiger partial charge in [0.2, 0.25) is 0 Å². The van der Waals surface area contributed by atoms with E-state index in [1.165, 1.54) is 5.56 Å². The summed E-state index contributed by atoms with van der Waals surface area (Å²) in [5.74, 6) is 0.610. The molecule has 130 valence electrons. The molecule has 0 bridgehead atoms. The molecule has 2 aromatic rings. The van der Waals surface area contributed by atoms with E-state index in [9.17, 15) is 8.42 Å². The molecule has 0 fully saturated rings. The van der Waals surface area contributed by atoms with Crippen molar-refractivity contribution in [3.05, 3.63) is 76.3 Å². The summed E-state index contributed by atoms with van der Waals surface area (Å²) in [5.41, 5.74) is 2.41. The standard InChI is InChI=1S/C19H19ClN2O2S/c1-13(15-6-4-3-5-7-15)12-21-19-14(2)18(25(23,24)22-19)16-8-10-17(20)11-9-16/h3-11,13H,12H2,1-2H3,(H,21,22)/t13-/m1/s1. The van der Waals surface area contributed by atoms with Crippen molar-refractivity contribution in [2.24, 2.45) is 4.99 Å². The van der Waals surface area contributed by atoms with Gasteiger partial charge in [0.15, 0.2) is 0 Å². The Labute approximate surface area is 153 Å². The molecule has 0 unspecified atom stereocenters. The highest BCUT2D eigenvalue weighted by Gasteiger charge is 2.32.